The maximum atomic E-state index is 12.0. The van der Waals surface area contributed by atoms with Crippen LogP contribution in [0.2, 0.25) is 0 Å². The third-order valence-corrected chi connectivity index (χ3v) is 2.69. The number of ether oxygens (including phenoxy) is 1. The van der Waals surface area contributed by atoms with E-state index < -0.39 is 0 Å². The molecule has 0 saturated heterocycles. The molecule has 0 aliphatic carbocycles. The first kappa shape index (κ1) is 15.0. The minimum atomic E-state index is -0.251. The van der Waals surface area contributed by atoms with Crippen molar-refractivity contribution in [3.05, 3.63) is 41.7 Å². The Morgan fingerprint density at radius 3 is 3.00 bits per heavy atom. The highest BCUT2D eigenvalue weighted by Gasteiger charge is 2.10. The van der Waals surface area contributed by atoms with Crippen molar-refractivity contribution in [3.8, 4) is 0 Å². The lowest BCUT2D eigenvalue weighted by atomic mass is 10.3. The first-order valence-electron chi connectivity index (χ1n) is 6.58. The summed E-state index contributed by atoms with van der Waals surface area (Å²) in [7, 11) is 1.58. The molecule has 21 heavy (non-hydrogen) atoms. The lowest BCUT2D eigenvalue weighted by molar-refractivity contribution is 0.0932. The van der Waals surface area contributed by atoms with Gasteiger partial charge in [0.2, 0.25) is 0 Å². The van der Waals surface area contributed by atoms with Crippen molar-refractivity contribution in [2.45, 2.75) is 13.5 Å². The number of nitrogens with zero attached hydrogens (tertiary/aromatic N) is 2. The molecule has 0 spiro atoms. The van der Waals surface area contributed by atoms with Crippen LogP contribution >= 0.6 is 0 Å². The number of carbonyl (C=O) groups is 1. The van der Waals surface area contributed by atoms with Crippen molar-refractivity contribution < 1.29 is 13.9 Å². The summed E-state index contributed by atoms with van der Waals surface area (Å²) in [5.74, 6) is 1.64. The molecule has 2 rings (SSSR count). The van der Waals surface area contributed by atoms with Crippen LogP contribution in [0.3, 0.4) is 0 Å². The molecule has 0 aliphatic heterocycles. The Morgan fingerprint density at radius 2 is 2.29 bits per heavy atom. The summed E-state index contributed by atoms with van der Waals surface area (Å²) in [5, 5.41) is 5.82. The predicted molar refractivity (Wildman–Crippen MR) is 77.0 cm³/mol. The number of rotatable bonds is 7. The zero-order chi connectivity index (χ0) is 15.1. The van der Waals surface area contributed by atoms with E-state index in [1.54, 1.807) is 26.4 Å². The van der Waals surface area contributed by atoms with Crippen LogP contribution in [-0.4, -0.2) is 36.1 Å². The van der Waals surface area contributed by atoms with Gasteiger partial charge in [0.15, 0.2) is 0 Å². The van der Waals surface area contributed by atoms with E-state index in [2.05, 4.69) is 20.6 Å². The molecule has 0 aliphatic rings. The summed E-state index contributed by atoms with van der Waals surface area (Å²) in [6.07, 6.45) is 1.61. The molecular formula is C14H18N4O3. The van der Waals surface area contributed by atoms with Crippen molar-refractivity contribution in [1.29, 1.82) is 0 Å². The van der Waals surface area contributed by atoms with Crippen molar-refractivity contribution >= 4 is 11.7 Å². The quantitative estimate of drug-likeness (QED) is 0.749. The van der Waals surface area contributed by atoms with Crippen molar-refractivity contribution in [3.63, 3.8) is 0 Å². The van der Waals surface area contributed by atoms with Gasteiger partial charge in [-0.15, -0.1) is 0 Å². The standard InChI is InChI=1S/C14H18N4O3/c1-10-17-12(14(19)15-5-7-20-2)8-13(18-10)16-9-11-4-3-6-21-11/h3-4,6,8H,5,7,9H2,1-2H3,(H,15,19)(H,16,17,18). The lowest BCUT2D eigenvalue weighted by Crippen LogP contribution is -2.28. The van der Waals surface area contributed by atoms with Gasteiger partial charge in [0.25, 0.3) is 5.91 Å². The average Bonchev–Trinajstić information content (AvgIpc) is 2.98. The number of furan rings is 1. The van der Waals surface area contributed by atoms with Crippen molar-refractivity contribution in [1.82, 2.24) is 15.3 Å². The second kappa shape index (κ2) is 7.39. The molecule has 2 heterocycles. The Bertz CT molecular complexity index is 584. The fraction of sp³-hybridized carbons (Fsp3) is 0.357. The van der Waals surface area contributed by atoms with E-state index in [0.29, 0.717) is 37.0 Å². The predicted octanol–water partition coefficient (Wildman–Crippen LogP) is 1.37. The Kier molecular flexibility index (Phi) is 5.28. The number of hydrogen-bond donors (Lipinski definition) is 2. The Labute approximate surface area is 122 Å². The van der Waals surface area contributed by atoms with Crippen LogP contribution in [0.4, 0.5) is 5.82 Å². The van der Waals surface area contributed by atoms with Gasteiger partial charge in [0.1, 0.15) is 23.1 Å². The highest BCUT2D eigenvalue weighted by atomic mass is 16.5. The molecule has 2 N–H and O–H groups in total. The van der Waals surface area contributed by atoms with Gasteiger partial charge >= 0.3 is 0 Å². The molecule has 2 aromatic heterocycles. The van der Waals surface area contributed by atoms with E-state index in [4.69, 9.17) is 9.15 Å². The van der Waals surface area contributed by atoms with Crippen LogP contribution in [0.25, 0.3) is 0 Å². The van der Waals surface area contributed by atoms with Gasteiger partial charge in [0, 0.05) is 19.7 Å². The van der Waals surface area contributed by atoms with Crippen molar-refractivity contribution in [2.75, 3.05) is 25.6 Å². The van der Waals surface area contributed by atoms with E-state index in [9.17, 15) is 4.79 Å². The maximum Gasteiger partial charge on any atom is 0.270 e. The summed E-state index contributed by atoms with van der Waals surface area (Å²) < 4.78 is 10.1. The summed E-state index contributed by atoms with van der Waals surface area (Å²) >= 11 is 0. The van der Waals surface area contributed by atoms with E-state index in [1.165, 1.54) is 0 Å². The zero-order valence-electron chi connectivity index (χ0n) is 12.0. The monoisotopic (exact) mass is 290 g/mol. The minimum Gasteiger partial charge on any atom is -0.467 e. The molecule has 2 aromatic rings. The number of hydrogen-bond acceptors (Lipinski definition) is 6. The van der Waals surface area contributed by atoms with Gasteiger partial charge in [-0.3, -0.25) is 4.79 Å². The highest BCUT2D eigenvalue weighted by Crippen LogP contribution is 2.09. The van der Waals surface area contributed by atoms with E-state index in [0.717, 1.165) is 5.76 Å². The number of nitrogens with one attached hydrogen (secondary N) is 2. The average molecular weight is 290 g/mol. The molecule has 7 nitrogen and oxygen atoms in total. The first-order chi connectivity index (χ1) is 10.2. The highest BCUT2D eigenvalue weighted by molar-refractivity contribution is 5.92. The third kappa shape index (κ3) is 4.57. The molecule has 112 valence electrons. The maximum absolute atomic E-state index is 12.0. The van der Waals surface area contributed by atoms with Gasteiger partial charge in [-0.25, -0.2) is 9.97 Å². The first-order valence-corrected chi connectivity index (χ1v) is 6.58. The fourth-order valence-corrected chi connectivity index (χ4v) is 1.72. The number of anilines is 1. The number of carbonyl (C=O) groups excluding carboxylic acids is 1. The third-order valence-electron chi connectivity index (χ3n) is 2.69. The minimum absolute atomic E-state index is 0.251. The number of amides is 1. The smallest absolute Gasteiger partial charge is 0.270 e. The van der Waals surface area contributed by atoms with Crippen LogP contribution in [0.15, 0.2) is 28.9 Å². The van der Waals surface area contributed by atoms with Crippen LogP contribution in [0.5, 0.6) is 0 Å². The summed E-state index contributed by atoms with van der Waals surface area (Å²) in [6, 6.07) is 5.29. The molecule has 0 radical (unpaired) electrons. The number of aryl methyl sites for hydroxylation is 1. The Hall–Kier alpha value is -2.41. The SMILES string of the molecule is COCCNC(=O)c1cc(NCc2ccco2)nc(C)n1. The summed E-state index contributed by atoms with van der Waals surface area (Å²) in [5.41, 5.74) is 0.320. The van der Waals surface area contributed by atoms with E-state index in [1.807, 2.05) is 12.1 Å². The topological polar surface area (TPSA) is 89.3 Å². The molecule has 0 bridgehead atoms. The van der Waals surface area contributed by atoms with Gasteiger partial charge in [-0.2, -0.15) is 0 Å². The fourth-order valence-electron chi connectivity index (χ4n) is 1.72. The molecular weight excluding hydrogens is 272 g/mol. The zero-order valence-corrected chi connectivity index (χ0v) is 12.0. The molecule has 1 amide bonds. The molecule has 0 atom stereocenters. The largest absolute Gasteiger partial charge is 0.467 e. The van der Waals surface area contributed by atoms with Crippen molar-refractivity contribution in [2.24, 2.45) is 0 Å². The Balaban J connectivity index is 2.00. The molecule has 0 unspecified atom stereocenters. The number of aromatic nitrogens is 2. The lowest BCUT2D eigenvalue weighted by Gasteiger charge is -2.08. The van der Waals surface area contributed by atoms with Gasteiger partial charge in [-0.05, 0) is 19.1 Å². The van der Waals surface area contributed by atoms with Crippen LogP contribution < -0.4 is 10.6 Å². The molecule has 0 fully saturated rings. The normalized spacial score (nSPS) is 10.4. The number of methoxy groups -OCH3 is 1. The summed E-state index contributed by atoms with van der Waals surface area (Å²) in [6.45, 7) is 3.13. The van der Waals surface area contributed by atoms with Gasteiger partial charge < -0.3 is 19.8 Å². The molecule has 0 saturated carbocycles. The molecule has 0 aromatic carbocycles. The van der Waals surface area contributed by atoms with Crippen LogP contribution in [0.1, 0.15) is 22.1 Å². The van der Waals surface area contributed by atoms with Gasteiger partial charge in [-0.1, -0.05) is 0 Å². The van der Waals surface area contributed by atoms with E-state index >= 15 is 0 Å². The van der Waals surface area contributed by atoms with Gasteiger partial charge in [0.05, 0.1) is 19.4 Å². The Morgan fingerprint density at radius 1 is 1.43 bits per heavy atom. The second-order valence-corrected chi connectivity index (χ2v) is 4.37. The molecule has 7 heteroatoms. The van der Waals surface area contributed by atoms with Crippen LogP contribution in [-0.2, 0) is 11.3 Å². The second-order valence-electron chi connectivity index (χ2n) is 4.37. The van der Waals surface area contributed by atoms with E-state index in [-0.39, 0.29) is 5.91 Å². The van der Waals surface area contributed by atoms with Crippen LogP contribution in [0, 0.1) is 6.92 Å². The summed E-state index contributed by atoms with van der Waals surface area (Å²) in [4.78, 5) is 20.3.